The van der Waals surface area contributed by atoms with Crippen molar-refractivity contribution in [1.29, 1.82) is 0 Å². The van der Waals surface area contributed by atoms with Crippen LogP contribution in [0, 0.1) is 5.92 Å². The minimum atomic E-state index is -3.21. The number of hydrogen-bond donors (Lipinski definition) is 1. The summed E-state index contributed by atoms with van der Waals surface area (Å²) in [6, 6.07) is 0. The van der Waals surface area contributed by atoms with Crippen molar-refractivity contribution in [3.05, 3.63) is 0 Å². The number of sulfone groups is 1. The molecule has 1 atom stereocenters. The predicted octanol–water partition coefficient (Wildman–Crippen LogP) is 1.12. The Bertz CT molecular complexity index is 354. The summed E-state index contributed by atoms with van der Waals surface area (Å²) in [6.45, 7) is 5.70. The van der Waals surface area contributed by atoms with Crippen LogP contribution in [0.25, 0.3) is 0 Å². The number of carbonyl (C=O) groups is 1. The summed E-state index contributed by atoms with van der Waals surface area (Å²) < 4.78 is 23.2. The summed E-state index contributed by atoms with van der Waals surface area (Å²) >= 11 is 0. The topological polar surface area (TPSA) is 63.2 Å². The maximum absolute atomic E-state index is 12.0. The van der Waals surface area contributed by atoms with E-state index in [-0.39, 0.29) is 17.6 Å². The molecule has 4 nitrogen and oxygen atoms in total. The van der Waals surface area contributed by atoms with Crippen molar-refractivity contribution in [1.82, 2.24) is 5.32 Å². The number of hydrogen-bond acceptors (Lipinski definition) is 3. The van der Waals surface area contributed by atoms with Crippen molar-refractivity contribution in [2.24, 2.45) is 5.92 Å². The molecule has 0 aliphatic carbocycles. The molecule has 5 heteroatoms. The van der Waals surface area contributed by atoms with Crippen LogP contribution < -0.4 is 5.32 Å². The fourth-order valence-electron chi connectivity index (χ4n) is 1.68. The second-order valence-electron chi connectivity index (χ2n) is 5.38. The summed E-state index contributed by atoms with van der Waals surface area (Å²) in [5.41, 5.74) is 0. The van der Waals surface area contributed by atoms with Crippen LogP contribution in [0.3, 0.4) is 0 Å². The van der Waals surface area contributed by atoms with Gasteiger partial charge in [0.15, 0.2) is 9.84 Å². The van der Waals surface area contributed by atoms with E-state index >= 15 is 0 Å². The molecule has 1 rings (SSSR count). The summed E-state index contributed by atoms with van der Waals surface area (Å²) in [4.78, 5) is 11.6. The van der Waals surface area contributed by atoms with Gasteiger partial charge in [0.05, 0.1) is 16.4 Å². The lowest BCUT2D eigenvalue weighted by molar-refractivity contribution is -0.124. The summed E-state index contributed by atoms with van der Waals surface area (Å²) in [7, 11) is -3.21. The van der Waals surface area contributed by atoms with E-state index in [0.717, 1.165) is 12.8 Å². The first-order chi connectivity index (χ1) is 7.24. The van der Waals surface area contributed by atoms with E-state index in [2.05, 4.69) is 5.32 Å². The fraction of sp³-hybridized carbons (Fsp3) is 0.909. The van der Waals surface area contributed by atoms with E-state index in [4.69, 9.17) is 0 Å². The fourth-order valence-corrected chi connectivity index (χ4v) is 3.02. The molecule has 1 saturated heterocycles. The van der Waals surface area contributed by atoms with Crippen LogP contribution in [0.5, 0.6) is 0 Å². The van der Waals surface area contributed by atoms with Crippen LogP contribution in [0.1, 0.15) is 40.0 Å². The third-order valence-electron chi connectivity index (χ3n) is 3.00. The van der Waals surface area contributed by atoms with E-state index < -0.39 is 14.6 Å². The van der Waals surface area contributed by atoms with Crippen LogP contribution in [0.4, 0.5) is 0 Å². The molecule has 0 bridgehead atoms. The highest BCUT2D eigenvalue weighted by Crippen LogP contribution is 2.22. The molecule has 1 amide bonds. The summed E-state index contributed by atoms with van der Waals surface area (Å²) in [5.74, 6) is -0.500. The zero-order valence-electron chi connectivity index (χ0n) is 10.2. The monoisotopic (exact) mass is 247 g/mol. The lowest BCUT2D eigenvalue weighted by atomic mass is 10.1. The Morgan fingerprint density at radius 2 is 1.94 bits per heavy atom. The van der Waals surface area contributed by atoms with E-state index in [1.807, 2.05) is 0 Å². The normalized spacial score (nSPS) is 23.7. The van der Waals surface area contributed by atoms with Gasteiger partial charge >= 0.3 is 0 Å². The molecule has 0 aromatic rings. The Kier molecular flexibility index (Phi) is 3.99. The average molecular weight is 247 g/mol. The molecule has 1 N–H and O–H groups in total. The molecule has 1 aliphatic heterocycles. The molecule has 1 fully saturated rings. The highest BCUT2D eigenvalue weighted by atomic mass is 32.2. The minimum absolute atomic E-state index is 0.0255. The van der Waals surface area contributed by atoms with Crippen molar-refractivity contribution in [3.63, 3.8) is 0 Å². The van der Waals surface area contributed by atoms with Crippen molar-refractivity contribution in [2.45, 2.75) is 44.8 Å². The van der Waals surface area contributed by atoms with Crippen molar-refractivity contribution in [3.8, 4) is 0 Å². The predicted molar refractivity (Wildman–Crippen MR) is 63.9 cm³/mol. The van der Waals surface area contributed by atoms with Crippen molar-refractivity contribution in [2.75, 3.05) is 12.3 Å². The summed E-state index contributed by atoms with van der Waals surface area (Å²) in [5, 5.41) is 2.77. The van der Waals surface area contributed by atoms with Gasteiger partial charge in [0, 0.05) is 6.54 Å². The molecular formula is C11H21NO3S. The molecule has 0 saturated carbocycles. The lowest BCUT2D eigenvalue weighted by Crippen LogP contribution is -2.38. The molecule has 0 aromatic heterocycles. The molecule has 16 heavy (non-hydrogen) atoms. The van der Waals surface area contributed by atoms with Gasteiger partial charge in [0.25, 0.3) is 0 Å². The number of carbonyl (C=O) groups excluding carboxylic acids is 1. The molecule has 1 heterocycles. The van der Waals surface area contributed by atoms with Crippen LogP contribution in [0.15, 0.2) is 0 Å². The smallest absolute Gasteiger partial charge is 0.224 e. The van der Waals surface area contributed by atoms with Gasteiger partial charge in [-0.05, 0) is 33.6 Å². The average Bonchev–Trinajstić information content (AvgIpc) is 2.30. The SMILES string of the molecule is CC(C)(C)S(=O)(=O)CC1CCCCNC1=O. The van der Waals surface area contributed by atoms with Gasteiger partial charge in [-0.15, -0.1) is 0 Å². The number of amides is 1. The first-order valence-corrected chi connectivity index (χ1v) is 7.39. The zero-order valence-corrected chi connectivity index (χ0v) is 11.1. The van der Waals surface area contributed by atoms with Gasteiger partial charge in [0.2, 0.25) is 5.91 Å². The second-order valence-corrected chi connectivity index (χ2v) is 8.17. The first-order valence-electron chi connectivity index (χ1n) is 5.74. The number of nitrogens with one attached hydrogen (secondary N) is 1. The molecule has 94 valence electrons. The van der Waals surface area contributed by atoms with Gasteiger partial charge in [-0.1, -0.05) is 6.42 Å². The summed E-state index contributed by atoms with van der Waals surface area (Å²) in [6.07, 6.45) is 2.54. The van der Waals surface area contributed by atoms with E-state index in [0.29, 0.717) is 13.0 Å². The highest BCUT2D eigenvalue weighted by molar-refractivity contribution is 7.92. The molecular weight excluding hydrogens is 226 g/mol. The number of rotatable bonds is 2. The van der Waals surface area contributed by atoms with E-state index in [1.165, 1.54) is 0 Å². The van der Waals surface area contributed by atoms with Crippen molar-refractivity contribution >= 4 is 15.7 Å². The van der Waals surface area contributed by atoms with Gasteiger partial charge in [-0.25, -0.2) is 8.42 Å². The van der Waals surface area contributed by atoms with Gasteiger partial charge < -0.3 is 5.32 Å². The van der Waals surface area contributed by atoms with Crippen LogP contribution in [-0.2, 0) is 14.6 Å². The van der Waals surface area contributed by atoms with Gasteiger partial charge in [-0.2, -0.15) is 0 Å². The minimum Gasteiger partial charge on any atom is -0.356 e. The molecule has 0 aromatic carbocycles. The van der Waals surface area contributed by atoms with Gasteiger partial charge in [0.1, 0.15) is 0 Å². The third-order valence-corrected chi connectivity index (χ3v) is 5.71. The zero-order chi connectivity index (χ0) is 12.4. The van der Waals surface area contributed by atoms with Gasteiger partial charge in [-0.3, -0.25) is 4.79 Å². The van der Waals surface area contributed by atoms with Crippen molar-refractivity contribution < 1.29 is 13.2 Å². The molecule has 0 spiro atoms. The maximum atomic E-state index is 12.0. The molecule has 1 unspecified atom stereocenters. The Hall–Kier alpha value is -0.580. The molecule has 1 aliphatic rings. The highest BCUT2D eigenvalue weighted by Gasteiger charge is 2.34. The first kappa shape index (κ1) is 13.5. The Balaban J connectivity index is 2.76. The Morgan fingerprint density at radius 1 is 1.31 bits per heavy atom. The van der Waals surface area contributed by atoms with Crippen LogP contribution in [0.2, 0.25) is 0 Å². The Labute approximate surface area is 97.7 Å². The van der Waals surface area contributed by atoms with Crippen LogP contribution in [-0.4, -0.2) is 31.4 Å². The standard InChI is InChI=1S/C11H21NO3S/c1-11(2,3)16(14,15)8-9-6-4-5-7-12-10(9)13/h9H,4-8H2,1-3H3,(H,12,13). The molecule has 0 radical (unpaired) electrons. The Morgan fingerprint density at radius 3 is 2.50 bits per heavy atom. The van der Waals surface area contributed by atoms with Crippen LogP contribution >= 0.6 is 0 Å². The second kappa shape index (κ2) is 4.73. The third kappa shape index (κ3) is 3.20. The quantitative estimate of drug-likeness (QED) is 0.795. The largest absolute Gasteiger partial charge is 0.356 e. The van der Waals surface area contributed by atoms with E-state index in [9.17, 15) is 13.2 Å². The lowest BCUT2D eigenvalue weighted by Gasteiger charge is -2.22. The van der Waals surface area contributed by atoms with E-state index in [1.54, 1.807) is 20.8 Å². The maximum Gasteiger partial charge on any atom is 0.224 e.